The van der Waals surface area contributed by atoms with E-state index < -0.39 is 0 Å². The quantitative estimate of drug-likeness (QED) is 0.852. The van der Waals surface area contributed by atoms with Gasteiger partial charge in [-0.3, -0.25) is 9.59 Å². The third-order valence-corrected chi connectivity index (χ3v) is 5.86. The smallest absolute Gasteiger partial charge is 0.230 e. The highest BCUT2D eigenvalue weighted by Gasteiger charge is 2.29. The number of carbonyl (C=O) groups excluding carboxylic acids is 2. The normalized spacial score (nSPS) is 24.0. The minimum absolute atomic E-state index is 0.0415. The largest absolute Gasteiger partial charge is 0.342 e. The summed E-state index contributed by atoms with van der Waals surface area (Å²) in [4.78, 5) is 31.1. The minimum atomic E-state index is -0.158. The Morgan fingerprint density at radius 2 is 2.32 bits per heavy atom. The fraction of sp³-hybridized carbons (Fsp3) is 0.611. The van der Waals surface area contributed by atoms with Crippen LogP contribution in [-0.2, 0) is 9.59 Å². The highest BCUT2D eigenvalue weighted by atomic mass is 32.2. The monoisotopic (exact) mass is 362 g/mol. The Hall–Kier alpha value is -1.60. The lowest BCUT2D eigenvalue weighted by Gasteiger charge is -2.33. The van der Waals surface area contributed by atoms with Gasteiger partial charge in [0.15, 0.2) is 0 Å². The second-order valence-corrected chi connectivity index (χ2v) is 7.97. The first-order valence-corrected chi connectivity index (χ1v) is 10.1. The van der Waals surface area contributed by atoms with Gasteiger partial charge < -0.3 is 15.5 Å². The molecule has 3 rings (SSSR count). The summed E-state index contributed by atoms with van der Waals surface area (Å²) in [7, 11) is 0. The maximum atomic E-state index is 12.6. The summed E-state index contributed by atoms with van der Waals surface area (Å²) in [6.45, 7) is 4.20. The highest BCUT2D eigenvalue weighted by molar-refractivity contribution is 7.99. The SMILES string of the molecule is Cc1ccc(NC(=O)C2CCCN(C(=O)CC3CSCCN3)C2)nc1. The first-order valence-electron chi connectivity index (χ1n) is 8.94. The predicted molar refractivity (Wildman–Crippen MR) is 101 cm³/mol. The molecule has 2 aliphatic rings. The summed E-state index contributed by atoms with van der Waals surface area (Å²) in [5, 5.41) is 6.28. The van der Waals surface area contributed by atoms with Gasteiger partial charge >= 0.3 is 0 Å². The average Bonchev–Trinajstić information content (AvgIpc) is 2.64. The van der Waals surface area contributed by atoms with E-state index in [0.29, 0.717) is 18.8 Å². The number of carbonyl (C=O) groups is 2. The zero-order chi connectivity index (χ0) is 17.6. The molecule has 2 unspecified atom stereocenters. The topological polar surface area (TPSA) is 74.3 Å². The Kier molecular flexibility index (Phi) is 6.31. The van der Waals surface area contributed by atoms with Crippen LogP contribution in [0.3, 0.4) is 0 Å². The molecule has 25 heavy (non-hydrogen) atoms. The number of rotatable bonds is 4. The molecule has 6 nitrogen and oxygen atoms in total. The molecule has 2 aliphatic heterocycles. The van der Waals surface area contributed by atoms with E-state index >= 15 is 0 Å². The van der Waals surface area contributed by atoms with Crippen LogP contribution in [0.25, 0.3) is 0 Å². The number of aromatic nitrogens is 1. The van der Waals surface area contributed by atoms with Gasteiger partial charge in [-0.25, -0.2) is 4.98 Å². The van der Waals surface area contributed by atoms with E-state index in [-0.39, 0.29) is 23.8 Å². The number of nitrogens with zero attached hydrogens (tertiary/aromatic N) is 2. The Bertz CT molecular complexity index is 602. The number of pyridine rings is 1. The van der Waals surface area contributed by atoms with E-state index in [4.69, 9.17) is 0 Å². The van der Waals surface area contributed by atoms with Crippen LogP contribution in [0.2, 0.25) is 0 Å². The maximum absolute atomic E-state index is 12.6. The lowest BCUT2D eigenvalue weighted by molar-refractivity contribution is -0.135. The zero-order valence-electron chi connectivity index (χ0n) is 14.7. The van der Waals surface area contributed by atoms with Gasteiger partial charge in [0.1, 0.15) is 5.82 Å². The van der Waals surface area contributed by atoms with Crippen molar-refractivity contribution in [1.82, 2.24) is 15.2 Å². The maximum Gasteiger partial charge on any atom is 0.230 e. The van der Waals surface area contributed by atoms with Crippen LogP contribution in [-0.4, -0.2) is 58.9 Å². The lowest BCUT2D eigenvalue weighted by Crippen LogP contribution is -2.47. The van der Waals surface area contributed by atoms with Gasteiger partial charge in [0, 0.05) is 49.8 Å². The lowest BCUT2D eigenvalue weighted by atomic mass is 9.96. The van der Waals surface area contributed by atoms with Gasteiger partial charge in [-0.2, -0.15) is 11.8 Å². The minimum Gasteiger partial charge on any atom is -0.342 e. The van der Waals surface area contributed by atoms with Gasteiger partial charge in [0.25, 0.3) is 0 Å². The van der Waals surface area contributed by atoms with Gasteiger partial charge in [-0.15, -0.1) is 0 Å². The number of hydrogen-bond donors (Lipinski definition) is 2. The van der Waals surface area contributed by atoms with Crippen LogP contribution in [0.1, 0.15) is 24.8 Å². The number of thioether (sulfide) groups is 1. The average molecular weight is 362 g/mol. The number of aryl methyl sites for hydroxylation is 1. The van der Waals surface area contributed by atoms with E-state index in [1.54, 1.807) is 6.20 Å². The van der Waals surface area contributed by atoms with E-state index in [9.17, 15) is 9.59 Å². The number of amides is 2. The van der Waals surface area contributed by atoms with Gasteiger partial charge in [-0.1, -0.05) is 6.07 Å². The summed E-state index contributed by atoms with van der Waals surface area (Å²) >= 11 is 1.89. The Morgan fingerprint density at radius 3 is 3.04 bits per heavy atom. The molecule has 3 heterocycles. The van der Waals surface area contributed by atoms with Crippen LogP contribution in [0.15, 0.2) is 18.3 Å². The van der Waals surface area contributed by atoms with E-state index in [2.05, 4.69) is 15.6 Å². The van der Waals surface area contributed by atoms with Gasteiger partial charge in [0.2, 0.25) is 11.8 Å². The van der Waals surface area contributed by atoms with Crippen molar-refractivity contribution < 1.29 is 9.59 Å². The summed E-state index contributed by atoms with van der Waals surface area (Å²) in [6, 6.07) is 4.00. The molecular weight excluding hydrogens is 336 g/mol. The summed E-state index contributed by atoms with van der Waals surface area (Å²) in [5.74, 6) is 2.63. The van der Waals surface area contributed by atoms with Crippen molar-refractivity contribution in [2.24, 2.45) is 5.92 Å². The van der Waals surface area contributed by atoms with Crippen LogP contribution in [0.5, 0.6) is 0 Å². The molecule has 2 atom stereocenters. The van der Waals surface area contributed by atoms with E-state index in [1.165, 1.54) is 0 Å². The van der Waals surface area contributed by atoms with Crippen molar-refractivity contribution >= 4 is 29.4 Å². The molecule has 7 heteroatoms. The van der Waals surface area contributed by atoms with Crippen molar-refractivity contribution in [3.05, 3.63) is 23.9 Å². The van der Waals surface area contributed by atoms with Crippen molar-refractivity contribution in [1.29, 1.82) is 0 Å². The third-order valence-electron chi connectivity index (χ3n) is 4.73. The molecule has 0 spiro atoms. The number of piperidine rings is 1. The Balaban J connectivity index is 1.52. The van der Waals surface area contributed by atoms with E-state index in [1.807, 2.05) is 35.7 Å². The molecule has 0 saturated carbocycles. The number of nitrogens with one attached hydrogen (secondary N) is 2. The third kappa shape index (κ3) is 5.19. The zero-order valence-corrected chi connectivity index (χ0v) is 15.5. The number of likely N-dealkylation sites (tertiary alicyclic amines) is 1. The second kappa shape index (κ2) is 8.67. The molecule has 0 aliphatic carbocycles. The first kappa shape index (κ1) is 18.2. The van der Waals surface area contributed by atoms with Crippen molar-refractivity contribution in [2.75, 3.05) is 36.5 Å². The predicted octanol–water partition coefficient (Wildman–Crippen LogP) is 1.66. The molecule has 2 N–H and O–H groups in total. The van der Waals surface area contributed by atoms with E-state index in [0.717, 1.165) is 43.0 Å². The molecule has 0 radical (unpaired) electrons. The molecule has 2 amide bonds. The fourth-order valence-electron chi connectivity index (χ4n) is 3.28. The van der Waals surface area contributed by atoms with Crippen LogP contribution in [0.4, 0.5) is 5.82 Å². The number of hydrogen-bond acceptors (Lipinski definition) is 5. The fourth-order valence-corrected chi connectivity index (χ4v) is 4.23. The molecule has 2 saturated heterocycles. The molecule has 0 aromatic carbocycles. The molecule has 1 aromatic heterocycles. The molecule has 1 aromatic rings. The molecule has 136 valence electrons. The molecule has 0 bridgehead atoms. The summed E-state index contributed by atoms with van der Waals surface area (Å²) in [6.07, 6.45) is 3.96. The number of anilines is 1. The Labute approximate surface area is 153 Å². The molecule has 2 fully saturated rings. The molecular formula is C18H26N4O2S. The van der Waals surface area contributed by atoms with Crippen molar-refractivity contribution in [3.8, 4) is 0 Å². The van der Waals surface area contributed by atoms with Crippen LogP contribution >= 0.6 is 11.8 Å². The standard InChI is InChI=1S/C18H26N4O2S/c1-13-4-5-16(20-10-13)21-18(24)14-3-2-7-22(11-14)17(23)9-15-12-25-8-6-19-15/h4-5,10,14-15,19H,2-3,6-9,11-12H2,1H3,(H,20,21,24). The van der Waals surface area contributed by atoms with Crippen LogP contribution < -0.4 is 10.6 Å². The Morgan fingerprint density at radius 1 is 1.44 bits per heavy atom. The first-order chi connectivity index (χ1) is 12.1. The highest BCUT2D eigenvalue weighted by Crippen LogP contribution is 2.20. The van der Waals surface area contributed by atoms with Gasteiger partial charge in [0.05, 0.1) is 5.92 Å². The second-order valence-electron chi connectivity index (χ2n) is 6.82. The summed E-state index contributed by atoms with van der Waals surface area (Å²) in [5.41, 5.74) is 1.06. The van der Waals surface area contributed by atoms with Crippen molar-refractivity contribution in [3.63, 3.8) is 0 Å². The van der Waals surface area contributed by atoms with Crippen molar-refractivity contribution in [2.45, 2.75) is 32.2 Å². The van der Waals surface area contributed by atoms with Crippen LogP contribution in [0, 0.1) is 12.8 Å². The summed E-state index contributed by atoms with van der Waals surface area (Å²) < 4.78 is 0. The van der Waals surface area contributed by atoms with Gasteiger partial charge in [-0.05, 0) is 31.4 Å².